The van der Waals surface area contributed by atoms with Crippen LogP contribution in [0.1, 0.15) is 31.2 Å². The highest BCUT2D eigenvalue weighted by atomic mass is 127. The Morgan fingerprint density at radius 3 is 2.81 bits per heavy atom. The number of aromatic nitrogens is 2. The van der Waals surface area contributed by atoms with Gasteiger partial charge in [-0.25, -0.2) is 4.98 Å². The molecule has 2 N–H and O–H groups in total. The van der Waals surface area contributed by atoms with Crippen molar-refractivity contribution in [2.24, 2.45) is 10.8 Å². The molecular formula is C22H22BrIN4O4. The Morgan fingerprint density at radius 1 is 1.34 bits per heavy atom. The van der Waals surface area contributed by atoms with E-state index in [-0.39, 0.29) is 12.2 Å². The van der Waals surface area contributed by atoms with Gasteiger partial charge in [-0.2, -0.15) is 9.78 Å². The van der Waals surface area contributed by atoms with Crippen LogP contribution in [0.2, 0.25) is 0 Å². The standard InChI is InChI=1S/C22H22BrIN4O4/c1-3-4-5-20-27-17-7-6-14(23)10-15(17)22(30)28(20)26-11-13-8-16(24)21(18(9-13)31-2)32-12-19(25)29/h6-11H,3-5,12H2,1-2H3,(H2,25,29). The van der Waals surface area contributed by atoms with Crippen LogP contribution in [0.15, 0.2) is 44.7 Å². The summed E-state index contributed by atoms with van der Waals surface area (Å²) in [4.78, 5) is 28.9. The molecule has 0 saturated carbocycles. The molecule has 0 saturated heterocycles. The molecule has 1 amide bonds. The number of methoxy groups -OCH3 is 1. The molecule has 10 heteroatoms. The first-order chi connectivity index (χ1) is 15.3. The van der Waals surface area contributed by atoms with Crippen molar-refractivity contribution in [3.8, 4) is 11.5 Å². The van der Waals surface area contributed by atoms with Crippen molar-refractivity contribution in [2.45, 2.75) is 26.2 Å². The largest absolute Gasteiger partial charge is 0.493 e. The van der Waals surface area contributed by atoms with Crippen LogP contribution in [-0.2, 0) is 11.2 Å². The third-order valence-electron chi connectivity index (χ3n) is 4.56. The van der Waals surface area contributed by atoms with Gasteiger partial charge in [0.2, 0.25) is 0 Å². The predicted molar refractivity (Wildman–Crippen MR) is 136 cm³/mol. The van der Waals surface area contributed by atoms with Crippen molar-refractivity contribution in [3.05, 3.63) is 60.1 Å². The van der Waals surface area contributed by atoms with Crippen molar-refractivity contribution in [1.82, 2.24) is 9.66 Å². The van der Waals surface area contributed by atoms with E-state index in [4.69, 9.17) is 15.2 Å². The molecule has 3 rings (SSSR count). The van der Waals surface area contributed by atoms with E-state index >= 15 is 0 Å². The zero-order valence-electron chi connectivity index (χ0n) is 17.6. The maximum absolute atomic E-state index is 13.2. The van der Waals surface area contributed by atoms with E-state index < -0.39 is 5.91 Å². The zero-order chi connectivity index (χ0) is 23.3. The molecule has 32 heavy (non-hydrogen) atoms. The van der Waals surface area contributed by atoms with Crippen LogP contribution in [-0.4, -0.2) is 35.5 Å². The molecule has 1 heterocycles. The zero-order valence-corrected chi connectivity index (χ0v) is 21.3. The Kier molecular flexibility index (Phi) is 8.24. The first-order valence-electron chi connectivity index (χ1n) is 9.88. The number of hydrogen-bond acceptors (Lipinski definition) is 6. The molecule has 0 bridgehead atoms. The van der Waals surface area contributed by atoms with Crippen molar-refractivity contribution in [3.63, 3.8) is 0 Å². The van der Waals surface area contributed by atoms with Crippen LogP contribution in [0.5, 0.6) is 11.5 Å². The van der Waals surface area contributed by atoms with Gasteiger partial charge in [0, 0.05) is 10.9 Å². The summed E-state index contributed by atoms with van der Waals surface area (Å²) >= 11 is 5.49. The minimum Gasteiger partial charge on any atom is -0.493 e. The third kappa shape index (κ3) is 5.66. The fourth-order valence-corrected chi connectivity index (χ4v) is 4.17. The van der Waals surface area contributed by atoms with Gasteiger partial charge in [0.25, 0.3) is 11.5 Å². The van der Waals surface area contributed by atoms with Crippen molar-refractivity contribution >= 4 is 61.5 Å². The van der Waals surface area contributed by atoms with Crippen LogP contribution >= 0.6 is 38.5 Å². The van der Waals surface area contributed by atoms with Gasteiger partial charge in [0.05, 0.1) is 27.8 Å². The summed E-state index contributed by atoms with van der Waals surface area (Å²) in [6.07, 6.45) is 4.07. The first kappa shape index (κ1) is 24.2. The predicted octanol–water partition coefficient (Wildman–Crippen LogP) is 3.86. The number of fused-ring (bicyclic) bond motifs is 1. The summed E-state index contributed by atoms with van der Waals surface area (Å²) < 4.78 is 13.7. The number of halogens is 2. The van der Waals surface area contributed by atoms with E-state index in [1.165, 1.54) is 11.8 Å². The number of aryl methyl sites for hydroxylation is 1. The Hall–Kier alpha value is -2.47. The first-order valence-corrected chi connectivity index (χ1v) is 11.8. The molecule has 0 aliphatic heterocycles. The maximum atomic E-state index is 13.2. The summed E-state index contributed by atoms with van der Waals surface area (Å²) in [6.45, 7) is 1.83. The summed E-state index contributed by atoms with van der Waals surface area (Å²) in [5.41, 5.74) is 6.27. The second-order valence-electron chi connectivity index (χ2n) is 6.94. The molecule has 0 unspecified atom stereocenters. The highest BCUT2D eigenvalue weighted by molar-refractivity contribution is 14.1. The quantitative estimate of drug-likeness (QED) is 0.292. The number of ether oxygens (including phenoxy) is 2. The normalized spacial score (nSPS) is 11.2. The highest BCUT2D eigenvalue weighted by Crippen LogP contribution is 2.33. The van der Waals surface area contributed by atoms with Gasteiger partial charge in [-0.3, -0.25) is 9.59 Å². The minimum atomic E-state index is -0.581. The van der Waals surface area contributed by atoms with Gasteiger partial charge in [-0.05, 0) is 64.9 Å². The fourth-order valence-electron chi connectivity index (χ4n) is 3.03. The number of carbonyl (C=O) groups excluding carboxylic acids is 1. The average molecular weight is 613 g/mol. The van der Waals surface area contributed by atoms with Gasteiger partial charge in [-0.15, -0.1) is 0 Å². The van der Waals surface area contributed by atoms with E-state index in [0.29, 0.717) is 43.8 Å². The summed E-state index contributed by atoms with van der Waals surface area (Å²) in [5.74, 6) is 0.870. The fraction of sp³-hybridized carbons (Fsp3) is 0.273. The summed E-state index contributed by atoms with van der Waals surface area (Å²) in [5, 5.41) is 4.94. The number of rotatable bonds is 9. The van der Waals surface area contributed by atoms with Crippen LogP contribution in [0.4, 0.5) is 0 Å². The number of primary amides is 1. The number of unbranched alkanes of at least 4 members (excludes halogenated alkanes) is 1. The van der Waals surface area contributed by atoms with Crippen molar-refractivity contribution in [1.29, 1.82) is 0 Å². The molecule has 0 aliphatic rings. The number of nitrogens with zero attached hydrogens (tertiary/aromatic N) is 3. The molecule has 0 spiro atoms. The second kappa shape index (κ2) is 10.9. The molecule has 1 aromatic heterocycles. The SMILES string of the molecule is CCCCc1nc2ccc(Br)cc2c(=O)n1N=Cc1cc(I)c(OCC(N)=O)c(OC)c1. The van der Waals surface area contributed by atoms with E-state index in [9.17, 15) is 9.59 Å². The lowest BCUT2D eigenvalue weighted by atomic mass is 10.2. The average Bonchev–Trinajstić information content (AvgIpc) is 2.76. The monoisotopic (exact) mass is 612 g/mol. The van der Waals surface area contributed by atoms with Gasteiger partial charge in [0.1, 0.15) is 5.82 Å². The van der Waals surface area contributed by atoms with E-state index in [0.717, 1.165) is 17.3 Å². The third-order valence-corrected chi connectivity index (χ3v) is 5.86. The Morgan fingerprint density at radius 2 is 2.12 bits per heavy atom. The minimum absolute atomic E-state index is 0.235. The van der Waals surface area contributed by atoms with E-state index in [2.05, 4.69) is 55.5 Å². The van der Waals surface area contributed by atoms with E-state index in [1.54, 1.807) is 18.3 Å². The molecule has 2 aromatic carbocycles. The Labute approximate surface area is 207 Å². The molecule has 0 fully saturated rings. The lowest BCUT2D eigenvalue weighted by Gasteiger charge is -2.12. The number of nitrogens with two attached hydrogens (primary N) is 1. The molecule has 8 nitrogen and oxygen atoms in total. The lowest BCUT2D eigenvalue weighted by Crippen LogP contribution is -2.22. The number of hydrogen-bond donors (Lipinski definition) is 1. The Bertz CT molecular complexity index is 1240. The summed E-state index contributed by atoms with van der Waals surface area (Å²) in [6, 6.07) is 8.95. The molecule has 0 radical (unpaired) electrons. The lowest BCUT2D eigenvalue weighted by molar-refractivity contribution is -0.119. The molecule has 168 valence electrons. The maximum Gasteiger partial charge on any atom is 0.282 e. The number of amides is 1. The molecule has 3 aromatic rings. The van der Waals surface area contributed by atoms with Crippen molar-refractivity contribution < 1.29 is 14.3 Å². The van der Waals surface area contributed by atoms with Crippen LogP contribution in [0.3, 0.4) is 0 Å². The smallest absolute Gasteiger partial charge is 0.282 e. The number of carbonyl (C=O) groups is 1. The van der Waals surface area contributed by atoms with Gasteiger partial charge < -0.3 is 15.2 Å². The van der Waals surface area contributed by atoms with Gasteiger partial charge in [0.15, 0.2) is 18.1 Å². The topological polar surface area (TPSA) is 109 Å². The van der Waals surface area contributed by atoms with Crippen molar-refractivity contribution in [2.75, 3.05) is 13.7 Å². The number of benzene rings is 2. The van der Waals surface area contributed by atoms with Crippen LogP contribution in [0, 0.1) is 3.57 Å². The highest BCUT2D eigenvalue weighted by Gasteiger charge is 2.14. The molecule has 0 atom stereocenters. The van der Waals surface area contributed by atoms with Crippen LogP contribution in [0.25, 0.3) is 10.9 Å². The van der Waals surface area contributed by atoms with Gasteiger partial charge >= 0.3 is 0 Å². The summed E-state index contributed by atoms with van der Waals surface area (Å²) in [7, 11) is 1.50. The van der Waals surface area contributed by atoms with E-state index in [1.807, 2.05) is 18.2 Å². The molecule has 0 aliphatic carbocycles. The second-order valence-corrected chi connectivity index (χ2v) is 9.02. The van der Waals surface area contributed by atoms with Gasteiger partial charge in [-0.1, -0.05) is 29.3 Å². The molecular weight excluding hydrogens is 591 g/mol. The Balaban J connectivity index is 2.05. The van der Waals surface area contributed by atoms with Crippen LogP contribution < -0.4 is 20.8 Å².